The standard InChI is InChI=1S/C19H20FN/c20-17-7-9-18(10-8-17)21-19-15-5-6-16(19)12-14-4-2-1-3-13(14)11-15/h1-4,7-10,15-16,19,21H,5-6,11-12H2. The van der Waals surface area contributed by atoms with Crippen molar-refractivity contribution < 1.29 is 4.39 Å². The molecular formula is C19H20FN. The fourth-order valence-electron chi connectivity index (χ4n) is 4.13. The van der Waals surface area contributed by atoms with E-state index in [1.807, 2.05) is 12.1 Å². The number of hydrogen-bond donors (Lipinski definition) is 1. The Morgan fingerprint density at radius 1 is 0.810 bits per heavy atom. The van der Waals surface area contributed by atoms with Gasteiger partial charge in [0.2, 0.25) is 0 Å². The van der Waals surface area contributed by atoms with Gasteiger partial charge in [0.15, 0.2) is 0 Å². The van der Waals surface area contributed by atoms with E-state index in [0.29, 0.717) is 17.9 Å². The molecule has 0 saturated heterocycles. The van der Waals surface area contributed by atoms with Crippen LogP contribution in [0.2, 0.25) is 0 Å². The van der Waals surface area contributed by atoms with Crippen molar-refractivity contribution in [1.29, 1.82) is 0 Å². The molecule has 2 aliphatic carbocycles. The van der Waals surface area contributed by atoms with Crippen molar-refractivity contribution >= 4 is 5.69 Å². The first kappa shape index (κ1) is 12.9. The van der Waals surface area contributed by atoms with Gasteiger partial charge in [-0.15, -0.1) is 0 Å². The topological polar surface area (TPSA) is 12.0 Å². The van der Waals surface area contributed by atoms with Crippen LogP contribution in [0.5, 0.6) is 0 Å². The van der Waals surface area contributed by atoms with E-state index in [4.69, 9.17) is 0 Å². The average molecular weight is 281 g/mol. The van der Waals surface area contributed by atoms with Crippen LogP contribution in [0.25, 0.3) is 0 Å². The molecule has 2 heteroatoms. The second kappa shape index (κ2) is 5.18. The summed E-state index contributed by atoms with van der Waals surface area (Å²) in [6.07, 6.45) is 4.95. The van der Waals surface area contributed by atoms with Crippen LogP contribution in [-0.2, 0) is 12.8 Å². The number of rotatable bonds is 2. The second-order valence-corrected chi connectivity index (χ2v) is 6.45. The summed E-state index contributed by atoms with van der Waals surface area (Å²) in [6, 6.07) is 16.2. The Bertz CT molecular complexity index is 601. The summed E-state index contributed by atoms with van der Waals surface area (Å²) < 4.78 is 13.0. The number of anilines is 1. The van der Waals surface area contributed by atoms with Gasteiger partial charge in [0.25, 0.3) is 0 Å². The number of nitrogens with one attached hydrogen (secondary N) is 1. The van der Waals surface area contributed by atoms with Gasteiger partial charge in [-0.05, 0) is 72.9 Å². The van der Waals surface area contributed by atoms with Crippen LogP contribution in [0.3, 0.4) is 0 Å². The zero-order chi connectivity index (χ0) is 14.2. The molecule has 4 rings (SSSR count). The molecule has 0 amide bonds. The van der Waals surface area contributed by atoms with Gasteiger partial charge in [-0.25, -0.2) is 4.39 Å². The van der Waals surface area contributed by atoms with Crippen molar-refractivity contribution in [3.8, 4) is 0 Å². The first-order valence-corrected chi connectivity index (χ1v) is 7.88. The van der Waals surface area contributed by atoms with Crippen LogP contribution in [0, 0.1) is 17.7 Å². The van der Waals surface area contributed by atoms with Crippen molar-refractivity contribution in [2.24, 2.45) is 11.8 Å². The fourth-order valence-corrected chi connectivity index (χ4v) is 4.13. The van der Waals surface area contributed by atoms with Gasteiger partial charge in [0, 0.05) is 11.7 Å². The summed E-state index contributed by atoms with van der Waals surface area (Å²) >= 11 is 0. The van der Waals surface area contributed by atoms with Crippen LogP contribution in [0.1, 0.15) is 24.0 Å². The molecule has 2 aliphatic rings. The van der Waals surface area contributed by atoms with Crippen molar-refractivity contribution in [1.82, 2.24) is 0 Å². The summed E-state index contributed by atoms with van der Waals surface area (Å²) in [5, 5.41) is 3.68. The molecule has 1 nitrogen and oxygen atoms in total. The summed E-state index contributed by atoms with van der Waals surface area (Å²) in [5.41, 5.74) is 4.09. The molecule has 1 saturated carbocycles. The maximum absolute atomic E-state index is 13.0. The van der Waals surface area contributed by atoms with Crippen molar-refractivity contribution in [2.45, 2.75) is 31.7 Å². The Kier molecular flexibility index (Phi) is 3.17. The summed E-state index contributed by atoms with van der Waals surface area (Å²) in [6.45, 7) is 0. The molecule has 108 valence electrons. The highest BCUT2D eigenvalue weighted by Crippen LogP contribution is 2.41. The molecular weight excluding hydrogens is 261 g/mol. The fraction of sp³-hybridized carbons (Fsp3) is 0.368. The SMILES string of the molecule is Fc1ccc(NC2C3CCC2Cc2ccccc2C3)cc1. The second-order valence-electron chi connectivity index (χ2n) is 6.45. The maximum atomic E-state index is 13.0. The number of benzene rings is 2. The maximum Gasteiger partial charge on any atom is 0.123 e. The third-order valence-electron chi connectivity index (χ3n) is 5.18. The van der Waals surface area contributed by atoms with E-state index in [9.17, 15) is 4.39 Å². The van der Waals surface area contributed by atoms with Crippen LogP contribution >= 0.6 is 0 Å². The Labute approximate surface area is 125 Å². The molecule has 2 unspecified atom stereocenters. The van der Waals surface area contributed by atoms with Gasteiger partial charge >= 0.3 is 0 Å². The highest BCUT2D eigenvalue weighted by Gasteiger charge is 2.38. The highest BCUT2D eigenvalue weighted by atomic mass is 19.1. The van der Waals surface area contributed by atoms with E-state index >= 15 is 0 Å². The van der Waals surface area contributed by atoms with Crippen molar-refractivity contribution in [3.05, 3.63) is 65.5 Å². The quantitative estimate of drug-likeness (QED) is 0.858. The molecule has 2 bridgehead atoms. The van der Waals surface area contributed by atoms with E-state index < -0.39 is 0 Å². The molecule has 0 radical (unpaired) electrons. The number of hydrogen-bond acceptors (Lipinski definition) is 1. The Morgan fingerprint density at radius 3 is 1.95 bits per heavy atom. The first-order valence-electron chi connectivity index (χ1n) is 7.88. The zero-order valence-electron chi connectivity index (χ0n) is 12.1. The van der Waals surface area contributed by atoms with Crippen LogP contribution in [-0.4, -0.2) is 6.04 Å². The molecule has 0 heterocycles. The lowest BCUT2D eigenvalue weighted by Gasteiger charge is -2.25. The largest absolute Gasteiger partial charge is 0.382 e. The van der Waals surface area contributed by atoms with E-state index in [1.54, 1.807) is 0 Å². The summed E-state index contributed by atoms with van der Waals surface area (Å²) in [4.78, 5) is 0. The van der Waals surface area contributed by atoms with Crippen LogP contribution in [0.15, 0.2) is 48.5 Å². The van der Waals surface area contributed by atoms with Gasteiger partial charge < -0.3 is 5.32 Å². The van der Waals surface area contributed by atoms with Crippen LogP contribution in [0.4, 0.5) is 10.1 Å². The molecule has 1 fully saturated rings. The highest BCUT2D eigenvalue weighted by molar-refractivity contribution is 5.45. The van der Waals surface area contributed by atoms with Gasteiger partial charge in [-0.1, -0.05) is 24.3 Å². The van der Waals surface area contributed by atoms with E-state index in [0.717, 1.165) is 5.69 Å². The Morgan fingerprint density at radius 2 is 1.38 bits per heavy atom. The Balaban J connectivity index is 1.59. The molecule has 2 aromatic rings. The molecule has 2 atom stereocenters. The Hall–Kier alpha value is -1.83. The monoisotopic (exact) mass is 281 g/mol. The van der Waals surface area contributed by atoms with Crippen molar-refractivity contribution in [2.75, 3.05) is 5.32 Å². The molecule has 2 aromatic carbocycles. The van der Waals surface area contributed by atoms with E-state index in [2.05, 4.69) is 29.6 Å². The molecule has 0 aromatic heterocycles. The average Bonchev–Trinajstić information content (AvgIpc) is 2.76. The lowest BCUT2D eigenvalue weighted by atomic mass is 9.94. The molecule has 21 heavy (non-hydrogen) atoms. The lowest BCUT2D eigenvalue weighted by Crippen LogP contribution is -2.30. The minimum atomic E-state index is -0.170. The zero-order valence-corrected chi connectivity index (χ0v) is 12.1. The molecule has 0 spiro atoms. The van der Waals surface area contributed by atoms with E-state index in [-0.39, 0.29) is 5.82 Å². The van der Waals surface area contributed by atoms with Gasteiger partial charge in [-0.3, -0.25) is 0 Å². The normalized spacial score (nSPS) is 27.0. The van der Waals surface area contributed by atoms with Gasteiger partial charge in [0.1, 0.15) is 5.82 Å². The van der Waals surface area contributed by atoms with Gasteiger partial charge in [0.05, 0.1) is 0 Å². The summed E-state index contributed by atoms with van der Waals surface area (Å²) in [7, 11) is 0. The lowest BCUT2D eigenvalue weighted by molar-refractivity contribution is 0.449. The minimum Gasteiger partial charge on any atom is -0.382 e. The predicted octanol–water partition coefficient (Wildman–Crippen LogP) is 4.43. The van der Waals surface area contributed by atoms with Gasteiger partial charge in [-0.2, -0.15) is 0 Å². The smallest absolute Gasteiger partial charge is 0.123 e. The third-order valence-corrected chi connectivity index (χ3v) is 5.18. The third kappa shape index (κ3) is 2.44. The molecule has 1 N–H and O–H groups in total. The summed E-state index contributed by atoms with van der Waals surface area (Å²) in [5.74, 6) is 1.23. The number of halogens is 1. The van der Waals surface area contributed by atoms with Crippen molar-refractivity contribution in [3.63, 3.8) is 0 Å². The first-order chi connectivity index (χ1) is 10.3. The predicted molar refractivity (Wildman–Crippen MR) is 83.9 cm³/mol. The molecule has 0 aliphatic heterocycles. The number of fused-ring (bicyclic) bond motifs is 3. The van der Waals surface area contributed by atoms with Crippen LogP contribution < -0.4 is 5.32 Å². The minimum absolute atomic E-state index is 0.170. The van der Waals surface area contributed by atoms with E-state index in [1.165, 1.54) is 48.9 Å².